The number of likely N-dealkylation sites (tertiary alicyclic amines) is 1. The third-order valence-corrected chi connectivity index (χ3v) is 2.98. The lowest BCUT2D eigenvalue weighted by Gasteiger charge is -2.34. The van der Waals surface area contributed by atoms with Crippen molar-refractivity contribution in [2.75, 3.05) is 25.9 Å². The molecule has 0 aliphatic carbocycles. The minimum atomic E-state index is -1.12. The van der Waals surface area contributed by atoms with Gasteiger partial charge in [0.25, 0.3) is 0 Å². The summed E-state index contributed by atoms with van der Waals surface area (Å²) in [6, 6.07) is 0. The van der Waals surface area contributed by atoms with E-state index in [0.29, 0.717) is 25.1 Å². The zero-order valence-electron chi connectivity index (χ0n) is 8.99. The third-order valence-electron chi connectivity index (χ3n) is 2.98. The summed E-state index contributed by atoms with van der Waals surface area (Å²) in [7, 11) is 2.02. The molecule has 2 rings (SSSR count). The van der Waals surface area contributed by atoms with E-state index in [1.165, 1.54) is 0 Å². The highest BCUT2D eigenvalue weighted by Gasteiger charge is 2.34. The van der Waals surface area contributed by atoms with Crippen molar-refractivity contribution in [3.63, 3.8) is 0 Å². The van der Waals surface area contributed by atoms with Gasteiger partial charge >= 0.3 is 0 Å². The lowest BCUT2D eigenvalue weighted by atomic mass is 9.94. The smallest absolute Gasteiger partial charge is 0.132 e. The van der Waals surface area contributed by atoms with Crippen LogP contribution in [0.3, 0.4) is 0 Å². The van der Waals surface area contributed by atoms with Gasteiger partial charge in [0.2, 0.25) is 0 Å². The van der Waals surface area contributed by atoms with Crippen LogP contribution in [0, 0.1) is 0 Å². The summed E-state index contributed by atoms with van der Waals surface area (Å²) in [6.45, 7) is 1.94. The normalized spacial score (nSPS) is 21.7. The molecule has 1 fully saturated rings. The van der Waals surface area contributed by atoms with E-state index in [4.69, 9.17) is 5.73 Å². The maximum Gasteiger partial charge on any atom is 0.132 e. The van der Waals surface area contributed by atoms with Gasteiger partial charge in [-0.15, -0.1) is 0 Å². The van der Waals surface area contributed by atoms with Crippen LogP contribution in [0.2, 0.25) is 0 Å². The van der Waals surface area contributed by atoms with Gasteiger partial charge in [-0.1, -0.05) is 0 Å². The fourth-order valence-electron chi connectivity index (χ4n) is 1.93. The number of nitrogen functional groups attached to an aromatic ring is 1. The van der Waals surface area contributed by atoms with Crippen molar-refractivity contribution >= 4 is 5.69 Å². The van der Waals surface area contributed by atoms with Gasteiger partial charge in [0.05, 0.1) is 18.4 Å². The molecular formula is C10H17FN4. The van der Waals surface area contributed by atoms with Gasteiger partial charge < -0.3 is 10.6 Å². The van der Waals surface area contributed by atoms with Crippen LogP contribution in [0.25, 0.3) is 0 Å². The summed E-state index contributed by atoms with van der Waals surface area (Å²) in [5.41, 5.74) is 5.00. The summed E-state index contributed by atoms with van der Waals surface area (Å²) in [4.78, 5) is 2.15. The lowest BCUT2D eigenvalue weighted by Crippen LogP contribution is -2.42. The predicted octanol–water partition coefficient (Wildman–Crippen LogP) is 0.899. The number of aromatic nitrogens is 2. The van der Waals surface area contributed by atoms with E-state index >= 15 is 0 Å². The number of hydrogen-bond donors (Lipinski definition) is 1. The molecular weight excluding hydrogens is 195 g/mol. The van der Waals surface area contributed by atoms with E-state index in [9.17, 15) is 4.39 Å². The van der Waals surface area contributed by atoms with Crippen LogP contribution in [0.5, 0.6) is 0 Å². The number of piperidine rings is 1. The van der Waals surface area contributed by atoms with Gasteiger partial charge in [-0.3, -0.25) is 4.68 Å². The summed E-state index contributed by atoms with van der Waals surface area (Å²) in [5, 5.41) is 4.01. The molecule has 0 aromatic carbocycles. The van der Waals surface area contributed by atoms with E-state index in [2.05, 4.69) is 10.00 Å². The van der Waals surface area contributed by atoms with Crippen LogP contribution in [-0.2, 0) is 6.54 Å². The first-order valence-electron chi connectivity index (χ1n) is 5.23. The first kappa shape index (κ1) is 10.4. The van der Waals surface area contributed by atoms with Crippen LogP contribution < -0.4 is 5.73 Å². The van der Waals surface area contributed by atoms with Crippen LogP contribution >= 0.6 is 0 Å². The van der Waals surface area contributed by atoms with Crippen molar-refractivity contribution in [2.45, 2.75) is 25.1 Å². The molecule has 0 radical (unpaired) electrons. The van der Waals surface area contributed by atoms with E-state index in [0.717, 1.165) is 13.1 Å². The minimum Gasteiger partial charge on any atom is -0.396 e. The van der Waals surface area contributed by atoms with Crippen molar-refractivity contribution in [3.8, 4) is 0 Å². The maximum absolute atomic E-state index is 14.3. The molecule has 0 spiro atoms. The average molecular weight is 212 g/mol. The van der Waals surface area contributed by atoms with Crippen molar-refractivity contribution in [2.24, 2.45) is 0 Å². The van der Waals surface area contributed by atoms with E-state index in [1.807, 2.05) is 7.05 Å². The molecule has 0 unspecified atom stereocenters. The van der Waals surface area contributed by atoms with Crippen LogP contribution in [0.1, 0.15) is 12.8 Å². The Balaban J connectivity index is 1.99. The Bertz CT molecular complexity index is 328. The fourth-order valence-corrected chi connectivity index (χ4v) is 1.93. The predicted molar refractivity (Wildman–Crippen MR) is 57.2 cm³/mol. The number of halogens is 1. The van der Waals surface area contributed by atoms with Crippen molar-refractivity contribution in [3.05, 3.63) is 12.4 Å². The van der Waals surface area contributed by atoms with Gasteiger partial charge in [0, 0.05) is 19.3 Å². The molecule has 0 saturated carbocycles. The monoisotopic (exact) mass is 212 g/mol. The zero-order chi connectivity index (χ0) is 10.9. The van der Waals surface area contributed by atoms with Crippen LogP contribution in [-0.4, -0.2) is 40.5 Å². The van der Waals surface area contributed by atoms with Gasteiger partial charge in [-0.25, -0.2) is 4.39 Å². The summed E-state index contributed by atoms with van der Waals surface area (Å²) in [6.07, 6.45) is 4.38. The van der Waals surface area contributed by atoms with Crippen molar-refractivity contribution in [1.29, 1.82) is 0 Å². The Morgan fingerprint density at radius 2 is 2.20 bits per heavy atom. The highest BCUT2D eigenvalue weighted by molar-refractivity contribution is 5.30. The highest BCUT2D eigenvalue weighted by Crippen LogP contribution is 2.27. The summed E-state index contributed by atoms with van der Waals surface area (Å²) < 4.78 is 15.9. The molecule has 1 saturated heterocycles. The zero-order valence-corrected chi connectivity index (χ0v) is 8.99. The number of nitrogens with zero attached hydrogens (tertiary/aromatic N) is 3. The van der Waals surface area contributed by atoms with Gasteiger partial charge in [-0.2, -0.15) is 5.10 Å². The number of nitrogens with two attached hydrogens (primary N) is 1. The molecule has 2 N–H and O–H groups in total. The Kier molecular flexibility index (Phi) is 2.65. The molecule has 1 aromatic rings. The van der Waals surface area contributed by atoms with Crippen molar-refractivity contribution < 1.29 is 4.39 Å². The van der Waals surface area contributed by atoms with E-state index in [1.54, 1.807) is 17.1 Å². The van der Waals surface area contributed by atoms with Crippen LogP contribution in [0.4, 0.5) is 10.1 Å². The second-order valence-electron chi connectivity index (χ2n) is 4.43. The Hall–Kier alpha value is -1.10. The molecule has 0 atom stereocenters. The molecule has 5 heteroatoms. The molecule has 15 heavy (non-hydrogen) atoms. The first-order chi connectivity index (χ1) is 7.07. The summed E-state index contributed by atoms with van der Waals surface area (Å²) >= 11 is 0. The Labute approximate surface area is 88.9 Å². The number of anilines is 1. The average Bonchev–Trinajstić information content (AvgIpc) is 2.57. The quantitative estimate of drug-likeness (QED) is 0.792. The molecule has 2 heterocycles. The lowest BCUT2D eigenvalue weighted by molar-refractivity contribution is 0.0499. The second-order valence-corrected chi connectivity index (χ2v) is 4.43. The Morgan fingerprint density at radius 3 is 2.73 bits per heavy atom. The highest BCUT2D eigenvalue weighted by atomic mass is 19.1. The van der Waals surface area contributed by atoms with Gasteiger partial charge in [0.15, 0.2) is 0 Å². The van der Waals surface area contributed by atoms with Crippen LogP contribution in [0.15, 0.2) is 12.4 Å². The number of rotatable bonds is 2. The molecule has 4 nitrogen and oxygen atoms in total. The maximum atomic E-state index is 14.3. The largest absolute Gasteiger partial charge is 0.396 e. The third kappa shape index (κ3) is 2.47. The molecule has 0 bridgehead atoms. The first-order valence-corrected chi connectivity index (χ1v) is 5.23. The molecule has 1 aliphatic heterocycles. The molecule has 1 aliphatic rings. The number of hydrogen-bond acceptors (Lipinski definition) is 3. The minimum absolute atomic E-state index is 0.318. The van der Waals surface area contributed by atoms with Gasteiger partial charge in [0.1, 0.15) is 5.67 Å². The molecule has 1 aromatic heterocycles. The topological polar surface area (TPSA) is 47.1 Å². The standard InChI is InChI=1S/C10H17FN4/c1-14-4-2-10(11,3-5-14)8-15-7-9(12)6-13-15/h6-7H,2-5,8,12H2,1H3. The van der Waals surface area contributed by atoms with Gasteiger partial charge in [-0.05, 0) is 19.9 Å². The Morgan fingerprint density at radius 1 is 1.53 bits per heavy atom. The van der Waals surface area contributed by atoms with E-state index < -0.39 is 5.67 Å². The summed E-state index contributed by atoms with van der Waals surface area (Å²) in [5.74, 6) is 0. The second kappa shape index (κ2) is 3.81. The molecule has 0 amide bonds. The van der Waals surface area contributed by atoms with Crippen molar-refractivity contribution in [1.82, 2.24) is 14.7 Å². The number of alkyl halides is 1. The fraction of sp³-hybridized carbons (Fsp3) is 0.700. The molecule has 84 valence electrons. The van der Waals surface area contributed by atoms with E-state index in [-0.39, 0.29) is 0 Å². The SMILES string of the molecule is CN1CCC(F)(Cn2cc(N)cn2)CC1.